The van der Waals surface area contributed by atoms with Gasteiger partial charge in [-0.15, -0.1) is 6.42 Å². The summed E-state index contributed by atoms with van der Waals surface area (Å²) in [7, 11) is 2.02. The van der Waals surface area contributed by atoms with Crippen LogP contribution in [0.3, 0.4) is 0 Å². The predicted octanol–water partition coefficient (Wildman–Crippen LogP) is 2.53. The molecule has 0 fully saturated rings. The van der Waals surface area contributed by atoms with Crippen LogP contribution in [-0.4, -0.2) is 37.8 Å². The van der Waals surface area contributed by atoms with Crippen molar-refractivity contribution < 1.29 is 9.13 Å². The van der Waals surface area contributed by atoms with Gasteiger partial charge < -0.3 is 4.74 Å². The summed E-state index contributed by atoms with van der Waals surface area (Å²) < 4.78 is 17.1. The van der Waals surface area contributed by atoms with Crippen LogP contribution < -0.4 is 4.74 Å². The van der Waals surface area contributed by atoms with Crippen molar-refractivity contribution in [1.82, 2.24) is 4.90 Å². The molecule has 98 valence electrons. The summed E-state index contributed by atoms with van der Waals surface area (Å²) in [6.07, 6.45) is 6.22. The first-order valence-corrected chi connectivity index (χ1v) is 6.08. The minimum absolute atomic E-state index is 0.112. The third kappa shape index (κ3) is 4.77. The number of rotatable bonds is 7. The van der Waals surface area contributed by atoms with Gasteiger partial charge in [0, 0.05) is 6.04 Å². The molecular formula is C15H20FNO. The molecule has 2 nitrogen and oxygen atoms in total. The van der Waals surface area contributed by atoms with Crippen molar-refractivity contribution in [3.05, 3.63) is 29.8 Å². The maximum atomic E-state index is 11.9. The molecule has 0 aliphatic carbocycles. The lowest BCUT2D eigenvalue weighted by atomic mass is 10.1. The molecule has 18 heavy (non-hydrogen) atoms. The lowest BCUT2D eigenvalue weighted by molar-refractivity contribution is 0.273. The largest absolute Gasteiger partial charge is 0.491 e. The third-order valence-corrected chi connectivity index (χ3v) is 2.89. The molecule has 0 radical (unpaired) electrons. The summed E-state index contributed by atoms with van der Waals surface area (Å²) >= 11 is 0. The van der Waals surface area contributed by atoms with E-state index < -0.39 is 6.67 Å². The van der Waals surface area contributed by atoms with Gasteiger partial charge in [0.05, 0.1) is 6.54 Å². The number of hydrogen-bond acceptors (Lipinski definition) is 2. The van der Waals surface area contributed by atoms with Crippen molar-refractivity contribution in [1.29, 1.82) is 0 Å². The highest BCUT2D eigenvalue weighted by molar-refractivity contribution is 5.27. The van der Waals surface area contributed by atoms with E-state index >= 15 is 0 Å². The molecule has 1 aromatic carbocycles. The van der Waals surface area contributed by atoms with Crippen LogP contribution in [0.25, 0.3) is 0 Å². The van der Waals surface area contributed by atoms with Crippen LogP contribution in [0.2, 0.25) is 0 Å². The number of likely N-dealkylation sites (N-methyl/N-ethyl adjacent to an activating group) is 1. The molecule has 0 aromatic heterocycles. The Labute approximate surface area is 109 Å². The Balaban J connectivity index is 2.50. The van der Waals surface area contributed by atoms with Gasteiger partial charge in [0.15, 0.2) is 0 Å². The minimum Gasteiger partial charge on any atom is -0.491 e. The van der Waals surface area contributed by atoms with E-state index in [9.17, 15) is 4.39 Å². The van der Waals surface area contributed by atoms with E-state index in [0.717, 1.165) is 6.42 Å². The summed E-state index contributed by atoms with van der Waals surface area (Å²) in [4.78, 5) is 2.13. The Bertz CT molecular complexity index is 382. The van der Waals surface area contributed by atoms with E-state index in [1.54, 1.807) is 0 Å². The van der Waals surface area contributed by atoms with Gasteiger partial charge in [-0.1, -0.05) is 18.1 Å². The molecule has 1 aromatic rings. The van der Waals surface area contributed by atoms with Gasteiger partial charge in [0.25, 0.3) is 0 Å². The molecule has 3 heteroatoms. The Kier molecular flexibility index (Phi) is 6.24. The number of nitrogens with zero attached hydrogens (tertiary/aromatic N) is 1. The molecule has 0 spiro atoms. The van der Waals surface area contributed by atoms with Crippen LogP contribution in [0.4, 0.5) is 4.39 Å². The van der Waals surface area contributed by atoms with Crippen LogP contribution >= 0.6 is 0 Å². The van der Waals surface area contributed by atoms with Gasteiger partial charge in [-0.05, 0) is 38.1 Å². The summed E-state index contributed by atoms with van der Waals surface area (Å²) in [5, 5.41) is 0. The number of terminal acetylenes is 1. The molecular weight excluding hydrogens is 228 g/mol. The highest BCUT2D eigenvalue weighted by atomic mass is 18.2. The molecule has 0 saturated heterocycles. The summed E-state index contributed by atoms with van der Waals surface area (Å²) in [5.74, 6) is 3.35. The third-order valence-electron chi connectivity index (χ3n) is 2.89. The maximum absolute atomic E-state index is 11.9. The minimum atomic E-state index is -0.463. The fourth-order valence-electron chi connectivity index (χ4n) is 1.67. The first-order chi connectivity index (χ1) is 8.67. The molecule has 0 N–H and O–H groups in total. The van der Waals surface area contributed by atoms with Crippen molar-refractivity contribution >= 4 is 0 Å². The Morgan fingerprint density at radius 3 is 2.61 bits per heavy atom. The molecule has 0 aliphatic heterocycles. The fraction of sp³-hybridized carbons (Fsp3) is 0.467. The van der Waals surface area contributed by atoms with Crippen LogP contribution in [0.1, 0.15) is 12.5 Å². The Morgan fingerprint density at radius 1 is 1.39 bits per heavy atom. The first kappa shape index (κ1) is 14.5. The molecule has 0 heterocycles. The van der Waals surface area contributed by atoms with Crippen molar-refractivity contribution in [2.24, 2.45) is 0 Å². The number of benzene rings is 1. The lowest BCUT2D eigenvalue weighted by Gasteiger charge is -2.22. The smallest absolute Gasteiger partial charge is 0.123 e. The second-order valence-electron chi connectivity index (χ2n) is 4.35. The maximum Gasteiger partial charge on any atom is 0.123 e. The van der Waals surface area contributed by atoms with Gasteiger partial charge in [0.2, 0.25) is 0 Å². The molecule has 1 atom stereocenters. The molecule has 0 saturated carbocycles. The van der Waals surface area contributed by atoms with E-state index in [1.165, 1.54) is 5.56 Å². The number of hydrogen-bond donors (Lipinski definition) is 0. The van der Waals surface area contributed by atoms with E-state index in [1.807, 2.05) is 31.3 Å². The summed E-state index contributed by atoms with van der Waals surface area (Å²) in [6, 6.07) is 8.15. The Morgan fingerprint density at radius 2 is 2.06 bits per heavy atom. The normalized spacial score (nSPS) is 12.2. The van der Waals surface area contributed by atoms with Gasteiger partial charge in [0.1, 0.15) is 19.0 Å². The Hall–Kier alpha value is -1.53. The average Bonchev–Trinajstić information content (AvgIpc) is 2.38. The van der Waals surface area contributed by atoms with E-state index in [2.05, 4.69) is 17.7 Å². The highest BCUT2D eigenvalue weighted by Gasteiger charge is 2.08. The molecule has 0 bridgehead atoms. The number of ether oxygens (including phenoxy) is 1. The van der Waals surface area contributed by atoms with Crippen LogP contribution in [0.5, 0.6) is 5.75 Å². The molecule has 0 amide bonds. The fourth-order valence-corrected chi connectivity index (χ4v) is 1.67. The van der Waals surface area contributed by atoms with Crippen molar-refractivity contribution in [2.45, 2.75) is 19.4 Å². The van der Waals surface area contributed by atoms with Crippen LogP contribution in [-0.2, 0) is 6.42 Å². The number of halogens is 1. The van der Waals surface area contributed by atoms with E-state index in [0.29, 0.717) is 18.3 Å². The predicted molar refractivity (Wildman–Crippen MR) is 72.5 cm³/mol. The molecule has 1 rings (SSSR count). The SMILES string of the molecule is C#CCN(C)C(C)Cc1ccc(OCC[18F])cc1. The van der Waals surface area contributed by atoms with E-state index in [4.69, 9.17) is 11.2 Å². The quantitative estimate of drug-likeness (QED) is 0.688. The van der Waals surface area contributed by atoms with Gasteiger partial charge in [-0.3, -0.25) is 4.90 Å². The summed E-state index contributed by atoms with van der Waals surface area (Å²) in [5.41, 5.74) is 1.22. The van der Waals surface area contributed by atoms with Crippen molar-refractivity contribution in [2.75, 3.05) is 26.9 Å². The zero-order valence-corrected chi connectivity index (χ0v) is 11.0. The monoisotopic (exact) mass is 248 g/mol. The second-order valence-corrected chi connectivity index (χ2v) is 4.35. The average molecular weight is 248 g/mol. The van der Waals surface area contributed by atoms with Crippen LogP contribution in [0.15, 0.2) is 24.3 Å². The van der Waals surface area contributed by atoms with Gasteiger partial charge >= 0.3 is 0 Å². The topological polar surface area (TPSA) is 12.5 Å². The van der Waals surface area contributed by atoms with Crippen molar-refractivity contribution in [3.8, 4) is 18.1 Å². The highest BCUT2D eigenvalue weighted by Crippen LogP contribution is 2.14. The number of alkyl halides is 1. The van der Waals surface area contributed by atoms with Gasteiger partial charge in [-0.25, -0.2) is 4.39 Å². The molecule has 1 unspecified atom stereocenters. The first-order valence-electron chi connectivity index (χ1n) is 6.08. The molecule has 0 aliphatic rings. The second kappa shape index (κ2) is 7.73. The lowest BCUT2D eigenvalue weighted by Crippen LogP contribution is -2.31. The van der Waals surface area contributed by atoms with Gasteiger partial charge in [-0.2, -0.15) is 0 Å². The zero-order chi connectivity index (χ0) is 13.4. The van der Waals surface area contributed by atoms with E-state index in [-0.39, 0.29) is 6.61 Å². The van der Waals surface area contributed by atoms with Crippen molar-refractivity contribution in [3.63, 3.8) is 0 Å². The van der Waals surface area contributed by atoms with Crippen LogP contribution in [0, 0.1) is 12.3 Å². The summed E-state index contributed by atoms with van der Waals surface area (Å²) in [6.45, 7) is 2.44. The zero-order valence-electron chi connectivity index (χ0n) is 11.0. The standard InChI is InChI=1S/C15H20FNO/c1-4-10-17(3)13(2)12-14-5-7-15(8-6-14)18-11-9-16/h1,5-8,13H,9-12H2,2-3H3/i16-1.